The van der Waals surface area contributed by atoms with E-state index in [1.54, 1.807) is 12.1 Å². The fraction of sp³-hybridized carbons (Fsp3) is 0.462. The Balaban J connectivity index is 2.22. The van der Waals surface area contributed by atoms with Crippen LogP contribution in [-0.2, 0) is 19.6 Å². The van der Waals surface area contributed by atoms with Crippen LogP contribution in [0.3, 0.4) is 0 Å². The molecule has 0 spiro atoms. The molecule has 1 aromatic rings. The first-order valence-corrected chi connectivity index (χ1v) is 7.84. The monoisotopic (exact) mass is 314 g/mol. The molecule has 116 valence electrons. The van der Waals surface area contributed by atoms with Gasteiger partial charge in [0.15, 0.2) is 5.54 Å². The molecule has 2 N–H and O–H groups in total. The summed E-state index contributed by atoms with van der Waals surface area (Å²) in [7, 11) is -0.578. The van der Waals surface area contributed by atoms with Gasteiger partial charge in [0.2, 0.25) is 10.0 Å². The first-order chi connectivity index (χ1) is 9.78. The molecule has 1 fully saturated rings. The van der Waals surface area contributed by atoms with E-state index in [1.165, 1.54) is 26.2 Å². The van der Waals surface area contributed by atoms with E-state index >= 15 is 0 Å². The number of hydrogen-bond acceptors (Lipinski definition) is 5. The summed E-state index contributed by atoms with van der Waals surface area (Å²) in [4.78, 5) is 11.6. The lowest BCUT2D eigenvalue weighted by molar-refractivity contribution is -0.142. The zero-order valence-electron chi connectivity index (χ0n) is 11.9. The molecule has 0 aromatic heterocycles. The number of aliphatic carboxylic acids is 1. The van der Waals surface area contributed by atoms with Crippen LogP contribution < -0.4 is 5.32 Å². The predicted octanol–water partition coefficient (Wildman–Crippen LogP) is 0.593. The summed E-state index contributed by atoms with van der Waals surface area (Å²) < 4.78 is 30.2. The summed E-state index contributed by atoms with van der Waals surface area (Å²) >= 11 is 0. The summed E-state index contributed by atoms with van der Waals surface area (Å²) in [5.74, 6) is -0.981. The molecule has 2 rings (SSSR count). The van der Waals surface area contributed by atoms with Gasteiger partial charge in [-0.05, 0) is 24.3 Å². The average molecular weight is 314 g/mol. The molecule has 1 aliphatic rings. The van der Waals surface area contributed by atoms with Gasteiger partial charge in [0.05, 0.1) is 11.5 Å². The van der Waals surface area contributed by atoms with Crippen LogP contribution in [0.15, 0.2) is 29.2 Å². The molecule has 1 atom stereocenters. The van der Waals surface area contributed by atoms with E-state index in [9.17, 15) is 18.3 Å². The number of hydrogen-bond donors (Lipinski definition) is 2. The Morgan fingerprint density at radius 1 is 1.33 bits per heavy atom. The van der Waals surface area contributed by atoms with Crippen LogP contribution in [0.25, 0.3) is 0 Å². The van der Waals surface area contributed by atoms with Gasteiger partial charge in [-0.3, -0.25) is 0 Å². The Morgan fingerprint density at radius 2 is 1.95 bits per heavy atom. The number of carboxylic acids is 1. The van der Waals surface area contributed by atoms with E-state index in [-0.39, 0.29) is 11.5 Å². The van der Waals surface area contributed by atoms with E-state index in [2.05, 4.69) is 5.32 Å². The molecule has 0 amide bonds. The Labute approximate surface area is 123 Å². The van der Waals surface area contributed by atoms with Crippen molar-refractivity contribution in [2.75, 3.05) is 32.6 Å². The smallest absolute Gasteiger partial charge is 0.331 e. The molecule has 8 heteroatoms. The maximum Gasteiger partial charge on any atom is 0.331 e. The molecule has 1 unspecified atom stereocenters. The Kier molecular flexibility index (Phi) is 4.22. The van der Waals surface area contributed by atoms with Crippen molar-refractivity contribution in [1.82, 2.24) is 4.31 Å². The van der Waals surface area contributed by atoms with Crippen molar-refractivity contribution in [2.45, 2.75) is 16.9 Å². The minimum absolute atomic E-state index is 0.0834. The zero-order chi connectivity index (χ0) is 15.7. The van der Waals surface area contributed by atoms with Crippen molar-refractivity contribution in [3.05, 3.63) is 24.3 Å². The molecule has 21 heavy (non-hydrogen) atoms. The van der Waals surface area contributed by atoms with Crippen LogP contribution >= 0.6 is 0 Å². The van der Waals surface area contributed by atoms with Gasteiger partial charge in [0.25, 0.3) is 0 Å². The highest BCUT2D eigenvalue weighted by Crippen LogP contribution is 2.26. The standard InChI is InChI=1S/C13H18N2O5S/c1-15(2)21(18,19)11-5-3-10(4-6-11)14-13(12(16)17)7-8-20-9-13/h3-6,14H,7-9H2,1-2H3,(H,16,17). The van der Waals surface area contributed by atoms with Crippen molar-refractivity contribution >= 4 is 21.7 Å². The summed E-state index contributed by atoms with van der Waals surface area (Å²) in [6, 6.07) is 6.00. The number of nitrogens with zero attached hydrogens (tertiary/aromatic N) is 1. The molecule has 1 heterocycles. The summed E-state index contributed by atoms with van der Waals surface area (Å²) in [6.07, 6.45) is 0.361. The maximum absolute atomic E-state index is 12.0. The first-order valence-electron chi connectivity index (χ1n) is 6.40. The zero-order valence-corrected chi connectivity index (χ0v) is 12.7. The lowest BCUT2D eigenvalue weighted by atomic mass is 9.98. The van der Waals surface area contributed by atoms with Crippen LogP contribution in [0.1, 0.15) is 6.42 Å². The average Bonchev–Trinajstić information content (AvgIpc) is 2.89. The number of carboxylic acid groups (broad SMARTS) is 1. The van der Waals surface area contributed by atoms with Crippen LogP contribution in [0, 0.1) is 0 Å². The molecule has 1 aliphatic heterocycles. The number of nitrogens with one attached hydrogen (secondary N) is 1. The molecule has 0 aliphatic carbocycles. The van der Waals surface area contributed by atoms with Crippen molar-refractivity contribution in [2.24, 2.45) is 0 Å². The van der Waals surface area contributed by atoms with E-state index in [1.807, 2.05) is 0 Å². The van der Waals surface area contributed by atoms with Gasteiger partial charge >= 0.3 is 5.97 Å². The third kappa shape index (κ3) is 3.02. The van der Waals surface area contributed by atoms with Crippen LogP contribution in [0.2, 0.25) is 0 Å². The number of carbonyl (C=O) groups is 1. The number of rotatable bonds is 5. The minimum atomic E-state index is -3.49. The molecular weight excluding hydrogens is 296 g/mol. The highest BCUT2D eigenvalue weighted by atomic mass is 32.2. The molecular formula is C13H18N2O5S. The second-order valence-corrected chi connectivity index (χ2v) is 7.28. The largest absolute Gasteiger partial charge is 0.479 e. The summed E-state index contributed by atoms with van der Waals surface area (Å²) in [6.45, 7) is 0.465. The highest BCUT2D eigenvalue weighted by molar-refractivity contribution is 7.89. The number of sulfonamides is 1. The predicted molar refractivity (Wildman–Crippen MR) is 76.7 cm³/mol. The Hall–Kier alpha value is -1.64. The van der Waals surface area contributed by atoms with E-state index < -0.39 is 21.5 Å². The topological polar surface area (TPSA) is 95.9 Å². The number of benzene rings is 1. The SMILES string of the molecule is CN(C)S(=O)(=O)c1ccc(NC2(C(=O)O)CCOC2)cc1. The number of ether oxygens (including phenoxy) is 1. The van der Waals surface area contributed by atoms with Crippen molar-refractivity contribution in [1.29, 1.82) is 0 Å². The Bertz CT molecular complexity index is 618. The third-order valence-corrected chi connectivity index (χ3v) is 5.28. The van der Waals surface area contributed by atoms with Gasteiger partial charge in [0.1, 0.15) is 0 Å². The molecule has 0 radical (unpaired) electrons. The molecule has 0 bridgehead atoms. The first kappa shape index (κ1) is 15.7. The molecule has 1 aromatic carbocycles. The normalized spacial score (nSPS) is 22.4. The molecule has 7 nitrogen and oxygen atoms in total. The fourth-order valence-corrected chi connectivity index (χ4v) is 2.98. The lowest BCUT2D eigenvalue weighted by Crippen LogP contribution is -2.47. The van der Waals surface area contributed by atoms with Gasteiger partial charge in [0, 0.05) is 32.8 Å². The number of anilines is 1. The van der Waals surface area contributed by atoms with E-state index in [0.29, 0.717) is 18.7 Å². The van der Waals surface area contributed by atoms with Gasteiger partial charge < -0.3 is 15.2 Å². The van der Waals surface area contributed by atoms with Crippen LogP contribution in [-0.4, -0.2) is 56.6 Å². The van der Waals surface area contributed by atoms with Gasteiger partial charge in [-0.1, -0.05) is 0 Å². The van der Waals surface area contributed by atoms with Crippen LogP contribution in [0.4, 0.5) is 5.69 Å². The third-order valence-electron chi connectivity index (χ3n) is 3.45. The molecule has 0 saturated carbocycles. The molecule has 1 saturated heterocycles. The highest BCUT2D eigenvalue weighted by Gasteiger charge is 2.42. The lowest BCUT2D eigenvalue weighted by Gasteiger charge is -2.25. The minimum Gasteiger partial charge on any atom is -0.479 e. The second-order valence-electron chi connectivity index (χ2n) is 5.13. The second kappa shape index (κ2) is 5.63. The van der Waals surface area contributed by atoms with E-state index in [0.717, 1.165) is 4.31 Å². The van der Waals surface area contributed by atoms with Crippen molar-refractivity contribution in [3.8, 4) is 0 Å². The van der Waals surface area contributed by atoms with Gasteiger partial charge in [-0.2, -0.15) is 0 Å². The fourth-order valence-electron chi connectivity index (χ4n) is 2.08. The van der Waals surface area contributed by atoms with E-state index in [4.69, 9.17) is 4.74 Å². The van der Waals surface area contributed by atoms with Crippen molar-refractivity contribution in [3.63, 3.8) is 0 Å². The van der Waals surface area contributed by atoms with Crippen molar-refractivity contribution < 1.29 is 23.1 Å². The summed E-state index contributed by atoms with van der Waals surface area (Å²) in [5.41, 5.74) is -0.609. The maximum atomic E-state index is 12.0. The Morgan fingerprint density at radius 3 is 2.38 bits per heavy atom. The van der Waals surface area contributed by atoms with Gasteiger partial charge in [-0.25, -0.2) is 17.5 Å². The van der Waals surface area contributed by atoms with Gasteiger partial charge in [-0.15, -0.1) is 0 Å². The summed E-state index contributed by atoms with van der Waals surface area (Å²) in [5, 5.41) is 12.3. The van der Waals surface area contributed by atoms with Crippen LogP contribution in [0.5, 0.6) is 0 Å². The quantitative estimate of drug-likeness (QED) is 0.826.